The molecule has 0 atom stereocenters. The number of aromatic nitrogens is 4. The first kappa shape index (κ1) is 20.5. The minimum absolute atomic E-state index is 0.0783. The van der Waals surface area contributed by atoms with Crippen molar-refractivity contribution in [3.05, 3.63) is 76.7 Å². The van der Waals surface area contributed by atoms with Crippen LogP contribution in [0.15, 0.2) is 48.7 Å². The summed E-state index contributed by atoms with van der Waals surface area (Å²) in [6.45, 7) is 5.63. The molecule has 0 spiro atoms. The lowest BCUT2D eigenvalue weighted by Crippen LogP contribution is -2.16. The second-order valence-corrected chi connectivity index (χ2v) is 7.30. The molecule has 0 fully saturated rings. The number of benzene rings is 1. The van der Waals surface area contributed by atoms with E-state index in [1.807, 2.05) is 26.8 Å². The third-order valence-corrected chi connectivity index (χ3v) is 4.91. The fourth-order valence-electron chi connectivity index (χ4n) is 3.12. The van der Waals surface area contributed by atoms with Crippen molar-refractivity contribution in [3.63, 3.8) is 0 Å². The molecule has 0 radical (unpaired) electrons. The molecule has 0 aliphatic heterocycles. The zero-order chi connectivity index (χ0) is 22.3. The van der Waals surface area contributed by atoms with Crippen molar-refractivity contribution >= 4 is 17.4 Å². The first-order chi connectivity index (χ1) is 14.6. The molecule has 158 valence electrons. The van der Waals surface area contributed by atoms with Gasteiger partial charge in [-0.25, -0.2) is 14.5 Å². The maximum atomic E-state index is 13.8. The van der Waals surface area contributed by atoms with E-state index in [1.165, 1.54) is 12.3 Å². The monoisotopic (exact) mass is 425 g/mol. The Labute approximate surface area is 175 Å². The molecule has 9 heteroatoms. The van der Waals surface area contributed by atoms with Crippen molar-refractivity contribution < 1.29 is 18.0 Å². The van der Waals surface area contributed by atoms with Crippen LogP contribution in [0.4, 0.5) is 19.0 Å². The highest BCUT2D eigenvalue weighted by Gasteiger charge is 2.35. The van der Waals surface area contributed by atoms with Crippen LogP contribution < -0.4 is 5.32 Å². The number of aryl methyl sites for hydroxylation is 3. The second-order valence-electron chi connectivity index (χ2n) is 7.30. The van der Waals surface area contributed by atoms with Crippen molar-refractivity contribution in [3.8, 4) is 11.3 Å². The minimum atomic E-state index is -4.69. The summed E-state index contributed by atoms with van der Waals surface area (Å²) in [6, 6.07) is 10.9. The number of nitrogens with zero attached hydrogens (tertiary/aromatic N) is 4. The molecule has 6 nitrogen and oxygen atoms in total. The summed E-state index contributed by atoms with van der Waals surface area (Å²) in [5.74, 6) is -0.397. The number of carbonyl (C=O) groups excluding carboxylic acids is 1. The van der Waals surface area contributed by atoms with E-state index in [0.29, 0.717) is 10.1 Å². The van der Waals surface area contributed by atoms with Crippen LogP contribution in [-0.4, -0.2) is 25.5 Å². The van der Waals surface area contributed by atoms with E-state index in [1.54, 1.807) is 24.3 Å². The Morgan fingerprint density at radius 3 is 2.45 bits per heavy atom. The van der Waals surface area contributed by atoms with Crippen LogP contribution >= 0.6 is 0 Å². The fourth-order valence-corrected chi connectivity index (χ4v) is 3.12. The van der Waals surface area contributed by atoms with Gasteiger partial charge >= 0.3 is 6.18 Å². The molecular weight excluding hydrogens is 407 g/mol. The van der Waals surface area contributed by atoms with Gasteiger partial charge in [-0.15, -0.1) is 0 Å². The fraction of sp³-hybridized carbons (Fsp3) is 0.182. The Hall–Kier alpha value is -3.75. The maximum Gasteiger partial charge on any atom is 0.433 e. The normalized spacial score (nSPS) is 11.7. The predicted octanol–water partition coefficient (Wildman–Crippen LogP) is 4.99. The number of nitrogens with one attached hydrogen (secondary N) is 1. The molecule has 0 unspecified atom stereocenters. The van der Waals surface area contributed by atoms with Gasteiger partial charge in [-0.1, -0.05) is 12.1 Å². The standard InChI is InChI=1S/C22H18F3N5O/c1-12-6-7-26-19(8-12)28-21(31)17-11-20-27-16(15-5-4-13(2)14(3)9-15)10-18(22(23,24)25)30(20)29-17/h4-11H,1-3H3,(H,26,28,31). The third-order valence-electron chi connectivity index (χ3n) is 4.91. The first-order valence-electron chi connectivity index (χ1n) is 9.41. The molecule has 4 aromatic rings. The Balaban J connectivity index is 1.80. The molecule has 0 saturated heterocycles. The summed E-state index contributed by atoms with van der Waals surface area (Å²) in [5.41, 5.74) is 2.24. The Bertz CT molecular complexity index is 1310. The summed E-state index contributed by atoms with van der Waals surface area (Å²) in [4.78, 5) is 20.9. The van der Waals surface area contributed by atoms with Crippen molar-refractivity contribution in [2.24, 2.45) is 0 Å². The number of rotatable bonds is 3. The number of fused-ring (bicyclic) bond motifs is 1. The number of hydrogen-bond donors (Lipinski definition) is 1. The van der Waals surface area contributed by atoms with E-state index in [9.17, 15) is 18.0 Å². The number of anilines is 1. The van der Waals surface area contributed by atoms with Gasteiger partial charge in [-0.3, -0.25) is 4.79 Å². The zero-order valence-electron chi connectivity index (χ0n) is 16.9. The van der Waals surface area contributed by atoms with E-state index < -0.39 is 17.8 Å². The lowest BCUT2D eigenvalue weighted by molar-refractivity contribution is -0.142. The van der Waals surface area contributed by atoms with Crippen LogP contribution in [0.25, 0.3) is 16.9 Å². The summed E-state index contributed by atoms with van der Waals surface area (Å²) in [6.07, 6.45) is -3.17. The molecule has 1 N–H and O–H groups in total. The molecule has 3 aromatic heterocycles. The third kappa shape index (κ3) is 4.11. The number of hydrogen-bond acceptors (Lipinski definition) is 4. The highest BCUT2D eigenvalue weighted by molar-refractivity contribution is 6.03. The van der Waals surface area contributed by atoms with Crippen molar-refractivity contribution in [2.75, 3.05) is 5.32 Å². The zero-order valence-corrected chi connectivity index (χ0v) is 16.9. The van der Waals surface area contributed by atoms with Gasteiger partial charge in [-0.2, -0.15) is 18.3 Å². The molecule has 1 amide bonds. The average Bonchev–Trinajstić information content (AvgIpc) is 3.13. The lowest BCUT2D eigenvalue weighted by atomic mass is 10.0. The van der Waals surface area contributed by atoms with E-state index >= 15 is 0 Å². The van der Waals surface area contributed by atoms with Crippen LogP contribution in [0.1, 0.15) is 32.9 Å². The van der Waals surface area contributed by atoms with E-state index in [0.717, 1.165) is 22.8 Å². The molecule has 0 aliphatic rings. The molecule has 31 heavy (non-hydrogen) atoms. The summed E-state index contributed by atoms with van der Waals surface area (Å²) in [7, 11) is 0. The quantitative estimate of drug-likeness (QED) is 0.502. The molecule has 0 bridgehead atoms. The number of amides is 1. The molecule has 1 aromatic carbocycles. The summed E-state index contributed by atoms with van der Waals surface area (Å²) < 4.78 is 41.9. The van der Waals surface area contributed by atoms with Gasteiger partial charge in [0.2, 0.25) is 0 Å². The van der Waals surface area contributed by atoms with Crippen LogP contribution in [0.5, 0.6) is 0 Å². The lowest BCUT2D eigenvalue weighted by Gasteiger charge is -2.11. The van der Waals surface area contributed by atoms with Crippen molar-refractivity contribution in [2.45, 2.75) is 26.9 Å². The summed E-state index contributed by atoms with van der Waals surface area (Å²) >= 11 is 0. The van der Waals surface area contributed by atoms with Gasteiger partial charge in [0.15, 0.2) is 17.0 Å². The second kappa shape index (κ2) is 7.50. The number of halogens is 3. The Morgan fingerprint density at radius 1 is 1.00 bits per heavy atom. The number of pyridine rings is 1. The SMILES string of the molecule is Cc1ccnc(NC(=O)c2cc3nc(-c4ccc(C)c(C)c4)cc(C(F)(F)F)n3n2)c1. The van der Waals surface area contributed by atoms with Crippen LogP contribution in [0.2, 0.25) is 0 Å². The average molecular weight is 425 g/mol. The van der Waals surface area contributed by atoms with Crippen LogP contribution in [0, 0.1) is 20.8 Å². The van der Waals surface area contributed by atoms with E-state index in [-0.39, 0.29) is 22.9 Å². The van der Waals surface area contributed by atoms with Crippen LogP contribution in [0.3, 0.4) is 0 Å². The molecular formula is C22H18F3N5O. The van der Waals surface area contributed by atoms with Gasteiger partial charge in [-0.05, 0) is 61.7 Å². The molecule has 0 aliphatic carbocycles. The predicted molar refractivity (Wildman–Crippen MR) is 110 cm³/mol. The van der Waals surface area contributed by atoms with E-state index in [2.05, 4.69) is 20.4 Å². The van der Waals surface area contributed by atoms with Crippen molar-refractivity contribution in [1.82, 2.24) is 19.6 Å². The van der Waals surface area contributed by atoms with Gasteiger partial charge in [0, 0.05) is 17.8 Å². The van der Waals surface area contributed by atoms with Crippen molar-refractivity contribution in [1.29, 1.82) is 0 Å². The smallest absolute Gasteiger partial charge is 0.305 e. The van der Waals surface area contributed by atoms with Gasteiger partial charge in [0.05, 0.1) is 5.69 Å². The van der Waals surface area contributed by atoms with Gasteiger partial charge in [0.1, 0.15) is 5.82 Å². The maximum absolute atomic E-state index is 13.8. The Kier molecular flexibility index (Phi) is 4.96. The molecule has 0 saturated carbocycles. The highest BCUT2D eigenvalue weighted by atomic mass is 19.4. The van der Waals surface area contributed by atoms with Gasteiger partial charge < -0.3 is 5.32 Å². The minimum Gasteiger partial charge on any atom is -0.305 e. The topological polar surface area (TPSA) is 72.2 Å². The molecule has 3 heterocycles. The largest absolute Gasteiger partial charge is 0.433 e. The number of alkyl halides is 3. The van der Waals surface area contributed by atoms with Crippen LogP contribution in [-0.2, 0) is 6.18 Å². The highest BCUT2D eigenvalue weighted by Crippen LogP contribution is 2.32. The first-order valence-corrected chi connectivity index (χ1v) is 9.41. The number of carbonyl (C=O) groups is 1. The molecule has 4 rings (SSSR count). The van der Waals surface area contributed by atoms with Gasteiger partial charge in [0.25, 0.3) is 5.91 Å². The summed E-state index contributed by atoms with van der Waals surface area (Å²) in [5, 5.41) is 6.40. The Morgan fingerprint density at radius 2 is 1.77 bits per heavy atom. The van der Waals surface area contributed by atoms with E-state index in [4.69, 9.17) is 0 Å².